The first-order chi connectivity index (χ1) is 11.3. The van der Waals surface area contributed by atoms with Crippen LogP contribution in [0, 0.1) is 0 Å². The van der Waals surface area contributed by atoms with Crippen molar-refractivity contribution in [3.05, 3.63) is 64.7 Å². The van der Waals surface area contributed by atoms with Crippen LogP contribution in [0.25, 0.3) is 0 Å². The van der Waals surface area contributed by atoms with Crippen LogP contribution in [-0.4, -0.2) is 11.5 Å². The lowest BCUT2D eigenvalue weighted by Gasteiger charge is -2.27. The van der Waals surface area contributed by atoms with Gasteiger partial charge in [0.15, 0.2) is 5.60 Å². The smallest absolute Gasteiger partial charge is 0.264 e. The predicted molar refractivity (Wildman–Crippen MR) is 98.5 cm³/mol. The van der Waals surface area contributed by atoms with Gasteiger partial charge in [-0.15, -0.1) is 0 Å². The summed E-state index contributed by atoms with van der Waals surface area (Å²) in [5.41, 5.74) is 1.37. The van der Waals surface area contributed by atoms with Gasteiger partial charge >= 0.3 is 0 Å². The monoisotopic (exact) mass is 345 g/mol. The molecule has 1 atom stereocenters. The molecule has 128 valence electrons. The summed E-state index contributed by atoms with van der Waals surface area (Å²) in [4.78, 5) is 12.6. The van der Waals surface area contributed by atoms with Gasteiger partial charge < -0.3 is 10.1 Å². The predicted octanol–water partition coefficient (Wildman–Crippen LogP) is 4.94. The van der Waals surface area contributed by atoms with Gasteiger partial charge in [-0.3, -0.25) is 4.79 Å². The summed E-state index contributed by atoms with van der Waals surface area (Å²) < 4.78 is 5.82. The van der Waals surface area contributed by atoms with E-state index < -0.39 is 5.60 Å². The zero-order chi connectivity index (χ0) is 17.7. The zero-order valence-corrected chi connectivity index (χ0v) is 15.4. The molecule has 0 saturated carbocycles. The molecular weight excluding hydrogens is 322 g/mol. The molecule has 0 spiro atoms. The van der Waals surface area contributed by atoms with Gasteiger partial charge in [-0.25, -0.2) is 0 Å². The second kappa shape index (κ2) is 7.71. The standard InChI is InChI=1S/C20H24ClNO2/c1-5-15-6-8-16(9-7-15)14(2)22-19(23)20(3,4)24-18-12-10-17(21)11-13-18/h6-14H,5H2,1-4H3,(H,22,23)/t14-/m1/s1. The van der Waals surface area contributed by atoms with Crippen LogP contribution < -0.4 is 10.1 Å². The number of ether oxygens (including phenoxy) is 1. The molecule has 24 heavy (non-hydrogen) atoms. The third kappa shape index (κ3) is 4.75. The summed E-state index contributed by atoms with van der Waals surface area (Å²) in [5.74, 6) is 0.448. The molecule has 0 heterocycles. The van der Waals surface area contributed by atoms with Crippen LogP contribution in [0.2, 0.25) is 5.02 Å². The quantitative estimate of drug-likeness (QED) is 0.805. The maximum Gasteiger partial charge on any atom is 0.264 e. The number of aryl methyl sites for hydroxylation is 1. The third-order valence-electron chi connectivity index (χ3n) is 3.97. The van der Waals surface area contributed by atoms with Crippen molar-refractivity contribution < 1.29 is 9.53 Å². The Balaban J connectivity index is 2.01. The molecule has 2 rings (SSSR count). The van der Waals surface area contributed by atoms with Crippen LogP contribution in [0.1, 0.15) is 44.9 Å². The van der Waals surface area contributed by atoms with Crippen molar-refractivity contribution in [3.63, 3.8) is 0 Å². The Morgan fingerprint density at radius 2 is 1.71 bits per heavy atom. The van der Waals surface area contributed by atoms with E-state index in [2.05, 4.69) is 36.5 Å². The van der Waals surface area contributed by atoms with Gasteiger partial charge in [-0.05, 0) is 62.6 Å². The summed E-state index contributed by atoms with van der Waals surface area (Å²) >= 11 is 5.87. The maximum atomic E-state index is 12.6. The fourth-order valence-electron chi connectivity index (χ4n) is 2.34. The molecule has 4 heteroatoms. The Morgan fingerprint density at radius 1 is 1.12 bits per heavy atom. The SMILES string of the molecule is CCc1ccc([C@@H](C)NC(=O)C(C)(C)Oc2ccc(Cl)cc2)cc1. The second-order valence-electron chi connectivity index (χ2n) is 6.36. The van der Waals surface area contributed by atoms with Crippen molar-refractivity contribution >= 4 is 17.5 Å². The number of hydrogen-bond donors (Lipinski definition) is 1. The van der Waals surface area contributed by atoms with E-state index in [9.17, 15) is 4.79 Å². The molecule has 1 N–H and O–H groups in total. The van der Waals surface area contributed by atoms with Crippen LogP contribution in [0.3, 0.4) is 0 Å². The third-order valence-corrected chi connectivity index (χ3v) is 4.22. The van der Waals surface area contributed by atoms with Crippen molar-refractivity contribution in [2.45, 2.75) is 45.8 Å². The largest absolute Gasteiger partial charge is 0.478 e. The van der Waals surface area contributed by atoms with E-state index in [1.807, 2.05) is 6.92 Å². The molecule has 0 aliphatic heterocycles. The summed E-state index contributed by atoms with van der Waals surface area (Å²) in [6, 6.07) is 15.2. The Morgan fingerprint density at radius 3 is 2.25 bits per heavy atom. The molecule has 0 aromatic heterocycles. The molecule has 2 aromatic rings. The Kier molecular flexibility index (Phi) is 5.89. The number of hydrogen-bond acceptors (Lipinski definition) is 2. The van der Waals surface area contributed by atoms with Crippen molar-refractivity contribution in [3.8, 4) is 5.75 Å². The molecule has 0 bridgehead atoms. The van der Waals surface area contributed by atoms with E-state index >= 15 is 0 Å². The number of benzene rings is 2. The lowest BCUT2D eigenvalue weighted by molar-refractivity contribution is -0.134. The first kappa shape index (κ1) is 18.3. The van der Waals surface area contributed by atoms with E-state index in [0.29, 0.717) is 10.8 Å². The number of carbonyl (C=O) groups is 1. The van der Waals surface area contributed by atoms with Gasteiger partial charge in [0.05, 0.1) is 6.04 Å². The average Bonchev–Trinajstić information content (AvgIpc) is 2.56. The highest BCUT2D eigenvalue weighted by molar-refractivity contribution is 6.30. The van der Waals surface area contributed by atoms with Gasteiger partial charge in [0.25, 0.3) is 5.91 Å². The number of halogens is 1. The summed E-state index contributed by atoms with van der Waals surface area (Å²) in [5, 5.41) is 3.65. The minimum absolute atomic E-state index is 0.0866. The lowest BCUT2D eigenvalue weighted by atomic mass is 10.0. The van der Waals surface area contributed by atoms with Crippen LogP contribution >= 0.6 is 11.6 Å². The fourth-order valence-corrected chi connectivity index (χ4v) is 2.47. The zero-order valence-electron chi connectivity index (χ0n) is 14.6. The van der Waals surface area contributed by atoms with Crippen molar-refractivity contribution in [2.24, 2.45) is 0 Å². The molecule has 0 saturated heterocycles. The van der Waals surface area contributed by atoms with Gasteiger partial charge in [0.2, 0.25) is 0 Å². The van der Waals surface area contributed by atoms with Gasteiger partial charge in [0.1, 0.15) is 5.75 Å². The van der Waals surface area contributed by atoms with Crippen molar-refractivity contribution in [1.82, 2.24) is 5.32 Å². The first-order valence-corrected chi connectivity index (χ1v) is 8.54. The van der Waals surface area contributed by atoms with Crippen molar-refractivity contribution in [2.75, 3.05) is 0 Å². The van der Waals surface area contributed by atoms with E-state index in [-0.39, 0.29) is 11.9 Å². The molecule has 3 nitrogen and oxygen atoms in total. The highest BCUT2D eigenvalue weighted by Crippen LogP contribution is 2.22. The van der Waals surface area contributed by atoms with Crippen LogP contribution in [-0.2, 0) is 11.2 Å². The molecule has 0 aliphatic carbocycles. The number of amides is 1. The topological polar surface area (TPSA) is 38.3 Å². The molecule has 0 unspecified atom stereocenters. The Hall–Kier alpha value is -2.00. The fraction of sp³-hybridized carbons (Fsp3) is 0.350. The summed E-state index contributed by atoms with van der Waals surface area (Å²) in [6.07, 6.45) is 1.00. The molecule has 0 fully saturated rings. The maximum absolute atomic E-state index is 12.6. The van der Waals surface area contributed by atoms with Gasteiger partial charge in [-0.2, -0.15) is 0 Å². The highest BCUT2D eigenvalue weighted by Gasteiger charge is 2.31. The van der Waals surface area contributed by atoms with Crippen LogP contribution in [0.15, 0.2) is 48.5 Å². The van der Waals surface area contributed by atoms with E-state index in [4.69, 9.17) is 16.3 Å². The van der Waals surface area contributed by atoms with Crippen LogP contribution in [0.4, 0.5) is 0 Å². The summed E-state index contributed by atoms with van der Waals surface area (Å²) in [6.45, 7) is 7.60. The van der Waals surface area contributed by atoms with Gasteiger partial charge in [-0.1, -0.05) is 42.8 Å². The van der Waals surface area contributed by atoms with Crippen LogP contribution in [0.5, 0.6) is 5.75 Å². The minimum Gasteiger partial charge on any atom is -0.478 e. The number of rotatable bonds is 6. The number of nitrogens with one attached hydrogen (secondary N) is 1. The van der Waals surface area contributed by atoms with Crippen molar-refractivity contribution in [1.29, 1.82) is 0 Å². The number of carbonyl (C=O) groups excluding carboxylic acids is 1. The Bertz CT molecular complexity index is 678. The molecule has 0 aliphatic rings. The average molecular weight is 346 g/mol. The minimum atomic E-state index is -0.981. The molecule has 1 amide bonds. The molecular formula is C20H24ClNO2. The summed E-state index contributed by atoms with van der Waals surface area (Å²) in [7, 11) is 0. The molecule has 2 aromatic carbocycles. The van der Waals surface area contributed by atoms with E-state index in [0.717, 1.165) is 12.0 Å². The van der Waals surface area contributed by atoms with E-state index in [1.165, 1.54) is 5.56 Å². The van der Waals surface area contributed by atoms with Gasteiger partial charge in [0, 0.05) is 5.02 Å². The molecule has 0 radical (unpaired) electrons. The second-order valence-corrected chi connectivity index (χ2v) is 6.79. The normalized spacial score (nSPS) is 12.5. The Labute approximate surface area is 149 Å². The first-order valence-electron chi connectivity index (χ1n) is 8.16. The highest BCUT2D eigenvalue weighted by atomic mass is 35.5. The lowest BCUT2D eigenvalue weighted by Crippen LogP contribution is -2.47. The van der Waals surface area contributed by atoms with E-state index in [1.54, 1.807) is 38.1 Å².